The molecule has 1 fully saturated rings. The van der Waals surface area contributed by atoms with Gasteiger partial charge in [0.25, 0.3) is 0 Å². The lowest BCUT2D eigenvalue weighted by Crippen LogP contribution is -2.10. The molecule has 5 heteroatoms. The average molecular weight is 305 g/mol. The molecule has 1 unspecified atom stereocenters. The van der Waals surface area contributed by atoms with E-state index < -0.39 is 15.7 Å². The first kappa shape index (κ1) is 14.2. The topological polar surface area (TPSA) is 46.2 Å². The van der Waals surface area contributed by atoms with Crippen molar-refractivity contribution in [3.8, 4) is 0 Å². The van der Waals surface area contributed by atoms with Crippen LogP contribution < -0.4 is 5.32 Å². The molecule has 1 N–H and O–H groups in total. The third kappa shape index (κ3) is 2.71. The Hall–Kier alpha value is -1.72. The second-order valence-electron chi connectivity index (χ2n) is 5.19. The molecule has 0 bridgehead atoms. The van der Waals surface area contributed by atoms with Crippen molar-refractivity contribution in [2.45, 2.75) is 22.1 Å². The van der Waals surface area contributed by atoms with E-state index >= 15 is 0 Å². The number of halogens is 1. The molecule has 1 aliphatic heterocycles. The predicted octanol–water partition coefficient (Wildman–Crippen LogP) is 2.74. The molecule has 0 saturated carbocycles. The van der Waals surface area contributed by atoms with E-state index in [-0.39, 0.29) is 15.7 Å². The van der Waals surface area contributed by atoms with Gasteiger partial charge in [0.05, 0.1) is 9.79 Å². The molecule has 0 aromatic heterocycles. The summed E-state index contributed by atoms with van der Waals surface area (Å²) in [4.78, 5) is 0.181. The lowest BCUT2D eigenvalue weighted by Gasteiger charge is -2.12. The standard InChI is InChI=1S/C16H16FNO2S/c17-16-10-14(6-7-15(16)12-8-9-18-11-12)21(19,20)13-4-2-1-3-5-13/h1-7,10,12,18H,8-9,11H2. The highest BCUT2D eigenvalue weighted by molar-refractivity contribution is 7.91. The van der Waals surface area contributed by atoms with Crippen LogP contribution in [0.3, 0.4) is 0 Å². The zero-order valence-electron chi connectivity index (χ0n) is 11.4. The van der Waals surface area contributed by atoms with Gasteiger partial charge in [-0.25, -0.2) is 12.8 Å². The van der Waals surface area contributed by atoms with E-state index in [0.717, 1.165) is 25.6 Å². The van der Waals surface area contributed by atoms with Crippen LogP contribution in [-0.4, -0.2) is 21.5 Å². The van der Waals surface area contributed by atoms with Gasteiger partial charge in [-0.3, -0.25) is 0 Å². The molecular weight excluding hydrogens is 289 g/mol. The van der Waals surface area contributed by atoms with Gasteiger partial charge in [0.15, 0.2) is 0 Å². The monoisotopic (exact) mass is 305 g/mol. The van der Waals surface area contributed by atoms with Gasteiger partial charge in [0.2, 0.25) is 9.84 Å². The van der Waals surface area contributed by atoms with E-state index in [1.165, 1.54) is 18.2 Å². The highest BCUT2D eigenvalue weighted by Gasteiger charge is 2.23. The Morgan fingerprint density at radius 3 is 2.43 bits per heavy atom. The normalized spacial score (nSPS) is 18.8. The summed E-state index contributed by atoms with van der Waals surface area (Å²) in [6.45, 7) is 1.61. The number of hydrogen-bond acceptors (Lipinski definition) is 3. The molecule has 3 nitrogen and oxygen atoms in total. The molecule has 0 radical (unpaired) electrons. The van der Waals surface area contributed by atoms with Gasteiger partial charge in [0, 0.05) is 12.5 Å². The number of hydrogen-bond donors (Lipinski definition) is 1. The molecule has 0 amide bonds. The Morgan fingerprint density at radius 1 is 1.05 bits per heavy atom. The fourth-order valence-electron chi connectivity index (χ4n) is 2.66. The molecule has 110 valence electrons. The Balaban J connectivity index is 1.98. The van der Waals surface area contributed by atoms with Crippen molar-refractivity contribution in [2.24, 2.45) is 0 Å². The van der Waals surface area contributed by atoms with Crippen LogP contribution in [0.1, 0.15) is 17.9 Å². The van der Waals surface area contributed by atoms with Gasteiger partial charge in [-0.1, -0.05) is 24.3 Å². The van der Waals surface area contributed by atoms with Crippen LogP contribution >= 0.6 is 0 Å². The van der Waals surface area contributed by atoms with Gasteiger partial charge < -0.3 is 5.32 Å². The summed E-state index contributed by atoms with van der Waals surface area (Å²) in [5.74, 6) is -0.320. The first-order valence-corrected chi connectivity index (χ1v) is 8.37. The molecule has 1 atom stereocenters. The molecular formula is C16H16FNO2S. The molecule has 3 rings (SSSR count). The molecule has 1 saturated heterocycles. The molecule has 21 heavy (non-hydrogen) atoms. The van der Waals surface area contributed by atoms with Crippen molar-refractivity contribution >= 4 is 9.84 Å². The highest BCUT2D eigenvalue weighted by Crippen LogP contribution is 2.28. The van der Waals surface area contributed by atoms with Gasteiger partial charge in [-0.2, -0.15) is 0 Å². The van der Waals surface area contributed by atoms with Crippen LogP contribution in [0.25, 0.3) is 0 Å². The number of nitrogens with one attached hydrogen (secondary N) is 1. The fourth-order valence-corrected chi connectivity index (χ4v) is 3.96. The maximum Gasteiger partial charge on any atom is 0.206 e. The summed E-state index contributed by atoms with van der Waals surface area (Å²) in [6.07, 6.45) is 0.877. The van der Waals surface area contributed by atoms with Crippen molar-refractivity contribution in [3.05, 3.63) is 59.9 Å². The van der Waals surface area contributed by atoms with E-state index in [0.29, 0.717) is 5.56 Å². The van der Waals surface area contributed by atoms with Crippen LogP contribution in [0.15, 0.2) is 58.3 Å². The molecule has 2 aromatic carbocycles. The van der Waals surface area contributed by atoms with Crippen molar-refractivity contribution in [3.63, 3.8) is 0 Å². The van der Waals surface area contributed by atoms with E-state index in [1.54, 1.807) is 24.3 Å². The SMILES string of the molecule is O=S(=O)(c1ccccc1)c1ccc(C2CCNC2)c(F)c1. The average Bonchev–Trinajstić information content (AvgIpc) is 3.02. The van der Waals surface area contributed by atoms with E-state index in [9.17, 15) is 12.8 Å². The molecule has 2 aromatic rings. The second-order valence-corrected chi connectivity index (χ2v) is 7.14. The van der Waals surface area contributed by atoms with Crippen molar-refractivity contribution in [1.29, 1.82) is 0 Å². The van der Waals surface area contributed by atoms with Crippen molar-refractivity contribution < 1.29 is 12.8 Å². The Bertz CT molecular complexity index is 738. The van der Waals surface area contributed by atoms with Crippen LogP contribution in [0, 0.1) is 5.82 Å². The zero-order chi connectivity index (χ0) is 14.9. The third-order valence-electron chi connectivity index (χ3n) is 3.84. The summed E-state index contributed by atoms with van der Waals surface area (Å²) in [5, 5.41) is 3.18. The minimum Gasteiger partial charge on any atom is -0.316 e. The lowest BCUT2D eigenvalue weighted by molar-refractivity contribution is 0.576. The van der Waals surface area contributed by atoms with Crippen LogP contribution in [0.2, 0.25) is 0 Å². The first-order valence-electron chi connectivity index (χ1n) is 6.89. The Labute approximate surface area is 123 Å². The van der Waals surface area contributed by atoms with Crippen molar-refractivity contribution in [2.75, 3.05) is 13.1 Å². The number of benzene rings is 2. The van der Waals surface area contributed by atoms with Gasteiger partial charge in [-0.15, -0.1) is 0 Å². The first-order chi connectivity index (χ1) is 10.1. The zero-order valence-corrected chi connectivity index (χ0v) is 12.2. The van der Waals surface area contributed by atoms with E-state index in [1.807, 2.05) is 0 Å². The second kappa shape index (κ2) is 5.58. The molecule has 1 heterocycles. The number of rotatable bonds is 3. The maximum atomic E-state index is 14.3. The number of sulfone groups is 1. The van der Waals surface area contributed by atoms with Gasteiger partial charge >= 0.3 is 0 Å². The molecule has 1 aliphatic rings. The van der Waals surface area contributed by atoms with Crippen molar-refractivity contribution in [1.82, 2.24) is 5.32 Å². The molecule has 0 aliphatic carbocycles. The highest BCUT2D eigenvalue weighted by atomic mass is 32.2. The van der Waals surface area contributed by atoms with Gasteiger partial charge in [0.1, 0.15) is 5.82 Å². The van der Waals surface area contributed by atoms with E-state index in [2.05, 4.69) is 5.32 Å². The minimum absolute atomic E-state index is 0.000839. The third-order valence-corrected chi connectivity index (χ3v) is 5.60. The smallest absolute Gasteiger partial charge is 0.206 e. The van der Waals surface area contributed by atoms with Crippen LogP contribution in [-0.2, 0) is 9.84 Å². The lowest BCUT2D eigenvalue weighted by atomic mass is 9.98. The summed E-state index contributed by atoms with van der Waals surface area (Å²) < 4.78 is 39.1. The van der Waals surface area contributed by atoms with Crippen LogP contribution in [0.5, 0.6) is 0 Å². The largest absolute Gasteiger partial charge is 0.316 e. The summed E-state index contributed by atoms with van der Waals surface area (Å²) in [5.41, 5.74) is 0.590. The van der Waals surface area contributed by atoms with Crippen LogP contribution in [0.4, 0.5) is 4.39 Å². The summed E-state index contributed by atoms with van der Waals surface area (Å²) in [6, 6.07) is 12.3. The summed E-state index contributed by atoms with van der Waals surface area (Å²) >= 11 is 0. The predicted molar refractivity (Wildman–Crippen MR) is 78.5 cm³/mol. The Kier molecular flexibility index (Phi) is 3.78. The Morgan fingerprint density at radius 2 is 1.81 bits per heavy atom. The quantitative estimate of drug-likeness (QED) is 0.948. The van der Waals surface area contributed by atoms with E-state index in [4.69, 9.17) is 0 Å². The maximum absolute atomic E-state index is 14.3. The minimum atomic E-state index is -3.66. The molecule has 0 spiro atoms. The summed E-state index contributed by atoms with van der Waals surface area (Å²) in [7, 11) is -3.66. The van der Waals surface area contributed by atoms with Gasteiger partial charge in [-0.05, 0) is 42.8 Å². The fraction of sp³-hybridized carbons (Fsp3) is 0.250.